The predicted octanol–water partition coefficient (Wildman–Crippen LogP) is 4.45. The molecular formula is C19H23N3O. The van der Waals surface area contributed by atoms with Crippen molar-refractivity contribution in [1.82, 2.24) is 14.1 Å². The molecule has 0 bridgehead atoms. The minimum Gasteiger partial charge on any atom is -0.506 e. The Hall–Kier alpha value is -2.36. The molecule has 120 valence electrons. The first-order chi connectivity index (χ1) is 10.9. The lowest BCUT2D eigenvalue weighted by Gasteiger charge is -2.27. The zero-order valence-electron chi connectivity index (χ0n) is 14.1. The molecule has 2 aromatic heterocycles. The topological polar surface area (TPSA) is 34.0 Å². The highest BCUT2D eigenvalue weighted by Crippen LogP contribution is 2.36. The van der Waals surface area contributed by atoms with Crippen LogP contribution in [0.15, 0.2) is 42.5 Å². The molecule has 2 heterocycles. The number of benzene rings is 2. The highest BCUT2D eigenvalue weighted by atomic mass is 16.3. The van der Waals surface area contributed by atoms with Gasteiger partial charge in [-0.25, -0.2) is 0 Å². The first-order valence-electron chi connectivity index (χ1n) is 8.23. The Bertz CT molecular complexity index is 925. The monoisotopic (exact) mass is 309 g/mol. The Labute approximate surface area is 135 Å². The van der Waals surface area contributed by atoms with Gasteiger partial charge in [0.2, 0.25) is 0 Å². The molecule has 0 unspecified atom stereocenters. The van der Waals surface area contributed by atoms with E-state index in [0.29, 0.717) is 11.7 Å². The van der Waals surface area contributed by atoms with Gasteiger partial charge in [-0.05, 0) is 47.6 Å². The van der Waals surface area contributed by atoms with Crippen LogP contribution in [0, 0.1) is 5.92 Å². The van der Waals surface area contributed by atoms with Crippen LogP contribution in [0.4, 0.5) is 0 Å². The van der Waals surface area contributed by atoms with Gasteiger partial charge in [-0.15, -0.1) is 14.1 Å². The number of phenols is 1. The van der Waals surface area contributed by atoms with Crippen LogP contribution in [0.1, 0.15) is 39.7 Å². The molecule has 0 radical (unpaired) electrons. The van der Waals surface area contributed by atoms with Crippen molar-refractivity contribution in [3.63, 3.8) is 0 Å². The summed E-state index contributed by atoms with van der Waals surface area (Å²) in [4.78, 5) is 2.02. The highest BCUT2D eigenvalue weighted by molar-refractivity contribution is 5.79. The van der Waals surface area contributed by atoms with E-state index in [1.54, 1.807) is 0 Å². The van der Waals surface area contributed by atoms with Crippen LogP contribution in [0.3, 0.4) is 0 Å². The maximum Gasteiger partial charge on any atom is 0.143 e. The molecule has 4 nitrogen and oxygen atoms in total. The minimum absolute atomic E-state index is 0.0865. The molecule has 0 aliphatic heterocycles. The average molecular weight is 309 g/mol. The van der Waals surface area contributed by atoms with E-state index in [4.69, 9.17) is 0 Å². The SMILES string of the molecule is CC(C)CC(C)(C)c1ccc(O)c(-n2n3c4ccccc4n23)c1. The summed E-state index contributed by atoms with van der Waals surface area (Å²) in [5.41, 5.74) is 4.55. The van der Waals surface area contributed by atoms with Gasteiger partial charge in [0, 0.05) is 0 Å². The number of phenolic OH excluding ortho intramolecular Hbond substituents is 1. The number of fused-ring (bicyclic) bond motifs is 4. The standard InChI is InChI=1S/C19H23N3O/c1-13(2)12-19(3,4)14-9-10-18(23)17(11-14)22-20-15-7-5-6-8-16(15)21(20)22/h5-11,13,23H,12H2,1-4H3. The summed E-state index contributed by atoms with van der Waals surface area (Å²) >= 11 is 0. The van der Waals surface area contributed by atoms with Gasteiger partial charge in [-0.1, -0.05) is 45.9 Å². The molecule has 4 aromatic rings. The zero-order chi connectivity index (χ0) is 16.4. The molecule has 0 aliphatic carbocycles. The fourth-order valence-electron chi connectivity index (χ4n) is 3.74. The summed E-state index contributed by atoms with van der Waals surface area (Å²) in [7, 11) is 0. The predicted molar refractivity (Wildman–Crippen MR) is 93.0 cm³/mol. The van der Waals surface area contributed by atoms with Crippen molar-refractivity contribution in [3.8, 4) is 11.4 Å². The third kappa shape index (κ3) is 2.05. The Kier molecular flexibility index (Phi) is 2.83. The second kappa shape index (κ2) is 4.57. The quantitative estimate of drug-likeness (QED) is 0.594. The van der Waals surface area contributed by atoms with Crippen LogP contribution in [-0.2, 0) is 5.41 Å². The second-order valence-corrected chi connectivity index (χ2v) is 7.54. The van der Waals surface area contributed by atoms with E-state index >= 15 is 0 Å². The molecular weight excluding hydrogens is 286 g/mol. The Balaban J connectivity index is 1.80. The first-order valence-corrected chi connectivity index (χ1v) is 8.23. The maximum atomic E-state index is 10.3. The summed E-state index contributed by atoms with van der Waals surface area (Å²) in [6, 6.07) is 14.2. The van der Waals surface area contributed by atoms with E-state index < -0.39 is 0 Å². The van der Waals surface area contributed by atoms with Gasteiger partial charge in [-0.2, -0.15) is 0 Å². The van der Waals surface area contributed by atoms with E-state index in [-0.39, 0.29) is 5.41 Å². The van der Waals surface area contributed by atoms with Crippen molar-refractivity contribution in [2.24, 2.45) is 5.92 Å². The molecule has 0 fully saturated rings. The fourth-order valence-corrected chi connectivity index (χ4v) is 3.74. The third-order valence-corrected chi connectivity index (χ3v) is 4.71. The van der Waals surface area contributed by atoms with E-state index in [1.165, 1.54) is 16.6 Å². The molecule has 1 N–H and O–H groups in total. The Morgan fingerprint density at radius 1 is 1.00 bits per heavy atom. The van der Waals surface area contributed by atoms with Gasteiger partial charge in [0.05, 0.1) is 0 Å². The number of aromatic nitrogens is 3. The van der Waals surface area contributed by atoms with Crippen LogP contribution in [0.2, 0.25) is 0 Å². The van der Waals surface area contributed by atoms with Gasteiger partial charge in [-0.3, -0.25) is 0 Å². The van der Waals surface area contributed by atoms with Crippen molar-refractivity contribution in [2.45, 2.75) is 39.5 Å². The molecule has 0 saturated heterocycles. The van der Waals surface area contributed by atoms with E-state index in [1.807, 2.05) is 29.1 Å². The number of para-hydroxylation sites is 2. The highest BCUT2D eigenvalue weighted by Gasteiger charge is 2.28. The van der Waals surface area contributed by atoms with Crippen LogP contribution in [0.25, 0.3) is 16.7 Å². The van der Waals surface area contributed by atoms with Gasteiger partial charge in [0.1, 0.15) is 22.5 Å². The van der Waals surface area contributed by atoms with Crippen LogP contribution < -0.4 is 0 Å². The van der Waals surface area contributed by atoms with Crippen molar-refractivity contribution >= 4 is 11.0 Å². The lowest BCUT2D eigenvalue weighted by atomic mass is 9.78. The molecule has 0 amide bonds. The van der Waals surface area contributed by atoms with Crippen LogP contribution in [0.5, 0.6) is 5.75 Å². The van der Waals surface area contributed by atoms with E-state index in [0.717, 1.165) is 12.1 Å². The summed E-state index contributed by atoms with van der Waals surface area (Å²) in [5, 5.41) is 10.3. The molecule has 2 aromatic carbocycles. The molecule has 0 atom stereocenters. The lowest BCUT2D eigenvalue weighted by Crippen LogP contribution is -2.19. The summed E-state index contributed by atoms with van der Waals surface area (Å²) < 4.78 is 4.15. The molecule has 0 saturated carbocycles. The summed E-state index contributed by atoms with van der Waals surface area (Å²) in [6.07, 6.45) is 1.12. The smallest absolute Gasteiger partial charge is 0.143 e. The third-order valence-electron chi connectivity index (χ3n) is 4.71. The van der Waals surface area contributed by atoms with Crippen LogP contribution >= 0.6 is 0 Å². The summed E-state index contributed by atoms with van der Waals surface area (Å²) in [6.45, 7) is 9.05. The van der Waals surface area contributed by atoms with Crippen molar-refractivity contribution in [1.29, 1.82) is 0 Å². The molecule has 4 heteroatoms. The maximum absolute atomic E-state index is 10.3. The fraction of sp³-hybridized carbons (Fsp3) is 0.368. The number of hydrogen-bond donors (Lipinski definition) is 1. The first kappa shape index (κ1) is 14.2. The number of aromatic hydroxyl groups is 1. The normalized spacial score (nSPS) is 13.1. The van der Waals surface area contributed by atoms with E-state index in [9.17, 15) is 5.11 Å². The second-order valence-electron chi connectivity index (χ2n) is 7.54. The van der Waals surface area contributed by atoms with Crippen molar-refractivity contribution in [2.75, 3.05) is 0 Å². The lowest BCUT2D eigenvalue weighted by molar-refractivity contribution is 0.398. The largest absolute Gasteiger partial charge is 0.506 e. The average Bonchev–Trinajstić information content (AvgIpc) is 3.12. The molecule has 23 heavy (non-hydrogen) atoms. The zero-order valence-corrected chi connectivity index (χ0v) is 14.1. The summed E-state index contributed by atoms with van der Waals surface area (Å²) in [5.74, 6) is 0.950. The number of rotatable bonds is 4. The minimum atomic E-state index is 0.0865. The number of hydrogen-bond acceptors (Lipinski definition) is 1. The van der Waals surface area contributed by atoms with E-state index in [2.05, 4.69) is 55.2 Å². The van der Waals surface area contributed by atoms with Crippen LogP contribution in [-0.4, -0.2) is 19.2 Å². The van der Waals surface area contributed by atoms with Gasteiger partial charge >= 0.3 is 0 Å². The van der Waals surface area contributed by atoms with Gasteiger partial charge < -0.3 is 5.11 Å². The molecule has 0 spiro atoms. The van der Waals surface area contributed by atoms with Gasteiger partial charge in [0.15, 0.2) is 0 Å². The molecule has 4 rings (SSSR count). The number of nitrogens with zero attached hydrogens (tertiary/aromatic N) is 3. The van der Waals surface area contributed by atoms with Crippen molar-refractivity contribution < 1.29 is 5.11 Å². The van der Waals surface area contributed by atoms with Gasteiger partial charge in [0.25, 0.3) is 0 Å². The molecule has 0 aliphatic rings. The Morgan fingerprint density at radius 2 is 1.61 bits per heavy atom. The Morgan fingerprint density at radius 3 is 2.17 bits per heavy atom. The van der Waals surface area contributed by atoms with Crippen molar-refractivity contribution in [3.05, 3.63) is 48.0 Å².